The minimum Gasteiger partial charge on any atom is -0.338 e. The molecule has 5 heterocycles. The van der Waals surface area contributed by atoms with Gasteiger partial charge in [-0.3, -0.25) is 15.0 Å². The van der Waals surface area contributed by atoms with Gasteiger partial charge >= 0.3 is 0 Å². The predicted octanol–water partition coefficient (Wildman–Crippen LogP) is 1.88. The van der Waals surface area contributed by atoms with E-state index in [-0.39, 0.29) is 29.3 Å². The molecule has 2 saturated heterocycles. The van der Waals surface area contributed by atoms with E-state index in [2.05, 4.69) is 43.0 Å². The maximum atomic E-state index is 12.7. The highest BCUT2D eigenvalue weighted by Crippen LogP contribution is 2.53. The summed E-state index contributed by atoms with van der Waals surface area (Å²) < 4.78 is 1.90. The van der Waals surface area contributed by atoms with Crippen molar-refractivity contribution in [2.24, 2.45) is 5.41 Å². The molecule has 1 atom stereocenters. The van der Waals surface area contributed by atoms with Gasteiger partial charge in [0, 0.05) is 36.8 Å². The molecule has 1 aliphatic carbocycles. The second-order valence-electron chi connectivity index (χ2n) is 9.79. The summed E-state index contributed by atoms with van der Waals surface area (Å²) in [5.41, 5.74) is 9.18. The zero-order chi connectivity index (χ0) is 24.7. The number of rotatable bonds is 6. The molecule has 3 aromatic rings. The summed E-state index contributed by atoms with van der Waals surface area (Å²) in [5, 5.41) is 11.4. The van der Waals surface area contributed by atoms with Crippen LogP contribution in [0.3, 0.4) is 0 Å². The lowest BCUT2D eigenvalue weighted by Gasteiger charge is -2.58. The van der Waals surface area contributed by atoms with E-state index in [0.717, 1.165) is 55.8 Å². The van der Waals surface area contributed by atoms with Crippen LogP contribution in [-0.2, 0) is 4.79 Å². The molecular formula is C25H27N9O2. The number of hydrogen-bond donors (Lipinski definition) is 3. The number of amides is 2. The minimum absolute atomic E-state index is 0.00274. The maximum Gasteiger partial charge on any atom is 0.275 e. The van der Waals surface area contributed by atoms with Crippen molar-refractivity contribution in [3.05, 3.63) is 66.8 Å². The molecule has 6 rings (SSSR count). The fourth-order valence-corrected chi connectivity index (χ4v) is 5.30. The van der Waals surface area contributed by atoms with Crippen LogP contribution in [0.15, 0.2) is 55.4 Å². The third-order valence-electron chi connectivity index (χ3n) is 7.26. The van der Waals surface area contributed by atoms with Crippen LogP contribution in [0.25, 0.3) is 11.3 Å². The molecule has 0 aromatic carbocycles. The molecule has 3 aromatic heterocycles. The third-order valence-corrected chi connectivity index (χ3v) is 7.26. The van der Waals surface area contributed by atoms with Crippen molar-refractivity contribution in [2.45, 2.75) is 31.3 Å². The highest BCUT2D eigenvalue weighted by molar-refractivity contribution is 6.02. The zero-order valence-electron chi connectivity index (χ0n) is 19.7. The predicted molar refractivity (Wildman–Crippen MR) is 131 cm³/mol. The van der Waals surface area contributed by atoms with E-state index in [0.29, 0.717) is 11.5 Å². The van der Waals surface area contributed by atoms with Gasteiger partial charge < -0.3 is 10.2 Å². The molecule has 11 nitrogen and oxygen atoms in total. The van der Waals surface area contributed by atoms with Crippen LogP contribution in [0, 0.1) is 5.41 Å². The van der Waals surface area contributed by atoms with Gasteiger partial charge in [-0.2, -0.15) is 0 Å². The van der Waals surface area contributed by atoms with Gasteiger partial charge in [-0.05, 0) is 49.6 Å². The van der Waals surface area contributed by atoms with E-state index in [4.69, 9.17) is 0 Å². The van der Waals surface area contributed by atoms with E-state index >= 15 is 0 Å². The smallest absolute Gasteiger partial charge is 0.275 e. The summed E-state index contributed by atoms with van der Waals surface area (Å²) in [7, 11) is 0. The Morgan fingerprint density at radius 3 is 2.78 bits per heavy atom. The fraction of sp³-hybridized carbons (Fsp3) is 0.360. The van der Waals surface area contributed by atoms with E-state index in [1.807, 2.05) is 34.0 Å². The van der Waals surface area contributed by atoms with Crippen molar-refractivity contribution in [3.8, 4) is 11.3 Å². The average Bonchev–Trinajstić information content (AvgIpc) is 3.56. The first-order chi connectivity index (χ1) is 17.5. The van der Waals surface area contributed by atoms with Crippen LogP contribution in [0.5, 0.6) is 0 Å². The number of pyridine rings is 2. The normalized spacial score (nSPS) is 20.6. The van der Waals surface area contributed by atoms with Crippen molar-refractivity contribution in [2.75, 3.05) is 25.0 Å². The Morgan fingerprint density at radius 1 is 1.19 bits per heavy atom. The van der Waals surface area contributed by atoms with Gasteiger partial charge in [0.25, 0.3) is 5.91 Å². The largest absolute Gasteiger partial charge is 0.338 e. The molecule has 1 spiro atoms. The van der Waals surface area contributed by atoms with E-state index in [9.17, 15) is 9.59 Å². The van der Waals surface area contributed by atoms with Crippen molar-refractivity contribution in [1.82, 2.24) is 40.7 Å². The number of likely N-dealkylation sites (tertiary alicyclic amines) is 1. The van der Waals surface area contributed by atoms with Crippen LogP contribution < -0.4 is 16.2 Å². The number of nitrogens with zero attached hydrogens (tertiary/aromatic N) is 6. The van der Waals surface area contributed by atoms with Gasteiger partial charge in [0.05, 0.1) is 24.0 Å². The molecule has 11 heteroatoms. The summed E-state index contributed by atoms with van der Waals surface area (Å²) in [4.78, 5) is 35.1. The van der Waals surface area contributed by atoms with Gasteiger partial charge in [0.2, 0.25) is 5.91 Å². The summed E-state index contributed by atoms with van der Waals surface area (Å²) in [5.74, 6) is 0.133. The molecule has 2 aliphatic heterocycles. The van der Waals surface area contributed by atoms with Crippen molar-refractivity contribution >= 4 is 17.6 Å². The molecule has 0 radical (unpaired) electrons. The number of carbonyl (C=O) groups is 2. The molecule has 1 unspecified atom stereocenters. The highest BCUT2D eigenvalue weighted by Gasteiger charge is 2.54. The Bertz CT molecular complexity index is 1300. The lowest BCUT2D eigenvalue weighted by Crippen LogP contribution is -2.63. The van der Waals surface area contributed by atoms with Gasteiger partial charge in [-0.1, -0.05) is 17.9 Å². The van der Waals surface area contributed by atoms with Crippen LogP contribution in [-0.4, -0.2) is 61.3 Å². The topological polar surface area (TPSA) is 130 Å². The Hall–Kier alpha value is -3.96. The molecule has 1 saturated carbocycles. The second-order valence-corrected chi connectivity index (χ2v) is 9.79. The Morgan fingerprint density at radius 2 is 2.06 bits per heavy atom. The molecule has 3 N–H and O–H groups in total. The summed E-state index contributed by atoms with van der Waals surface area (Å²) in [6.07, 6.45) is 7.88. The molecule has 2 amide bonds. The number of anilines is 1. The molecule has 184 valence electrons. The van der Waals surface area contributed by atoms with E-state index in [1.54, 1.807) is 18.3 Å². The number of hydrogen-bond acceptors (Lipinski definition) is 8. The number of carbonyl (C=O) groups excluding carboxylic acids is 2. The van der Waals surface area contributed by atoms with Gasteiger partial charge in [-0.15, -0.1) is 5.10 Å². The van der Waals surface area contributed by atoms with E-state index in [1.165, 1.54) is 6.08 Å². The van der Waals surface area contributed by atoms with Crippen molar-refractivity contribution < 1.29 is 9.59 Å². The molecular weight excluding hydrogens is 458 g/mol. The first-order valence-electron chi connectivity index (χ1n) is 12.1. The summed E-state index contributed by atoms with van der Waals surface area (Å²) in [6, 6.07) is 9.43. The second kappa shape index (κ2) is 8.92. The number of aromatic nitrogens is 5. The summed E-state index contributed by atoms with van der Waals surface area (Å²) in [6.45, 7) is 6.01. The van der Waals surface area contributed by atoms with Gasteiger partial charge in [-0.25, -0.2) is 20.1 Å². The first-order valence-corrected chi connectivity index (χ1v) is 12.1. The Balaban J connectivity index is 1.05. The molecule has 3 aliphatic rings. The lowest BCUT2D eigenvalue weighted by molar-refractivity contribution is -0.149. The van der Waals surface area contributed by atoms with Gasteiger partial charge in [0.15, 0.2) is 0 Å². The Labute approximate surface area is 208 Å². The molecule has 0 bridgehead atoms. The van der Waals surface area contributed by atoms with Crippen molar-refractivity contribution in [3.63, 3.8) is 0 Å². The lowest BCUT2D eigenvalue weighted by atomic mass is 9.60. The highest BCUT2D eigenvalue weighted by atomic mass is 16.2. The maximum absolute atomic E-state index is 12.7. The number of hydrazine groups is 1. The van der Waals surface area contributed by atoms with Crippen molar-refractivity contribution in [1.29, 1.82) is 0 Å². The quantitative estimate of drug-likeness (QED) is 0.451. The van der Waals surface area contributed by atoms with Crippen LogP contribution >= 0.6 is 0 Å². The number of nitrogens with one attached hydrogen (secondary N) is 3. The summed E-state index contributed by atoms with van der Waals surface area (Å²) >= 11 is 0. The first kappa shape index (κ1) is 22.5. The molecule has 3 fully saturated rings. The zero-order valence-corrected chi connectivity index (χ0v) is 19.7. The third kappa shape index (κ3) is 4.16. The monoisotopic (exact) mass is 485 g/mol. The SMILES string of the molecule is C=CC(=O)N1CC2(CC(n3cc(-c4ccc(NC(=O)c5cccc(C6CCNN6)n5)nc4)nn3)C2)C1. The molecule has 36 heavy (non-hydrogen) atoms. The average molecular weight is 486 g/mol. The fourth-order valence-electron chi connectivity index (χ4n) is 5.30. The van der Waals surface area contributed by atoms with Crippen LogP contribution in [0.2, 0.25) is 0 Å². The standard InChI is InChI=1S/C25H27N9O2/c1-2-23(35)33-14-25(15-33)10-17(11-25)34-13-21(31-32-34)16-6-7-22(26-12-16)29-24(36)20-5-3-4-18(28-20)19-8-9-27-30-19/h2-7,12-13,17,19,27,30H,1,8-11,14-15H2,(H,26,29,36). The Kier molecular flexibility index (Phi) is 5.57. The van der Waals surface area contributed by atoms with E-state index < -0.39 is 0 Å². The van der Waals surface area contributed by atoms with Crippen LogP contribution in [0.4, 0.5) is 5.82 Å². The minimum atomic E-state index is -0.308. The van der Waals surface area contributed by atoms with Crippen LogP contribution in [0.1, 0.15) is 47.5 Å². The van der Waals surface area contributed by atoms with Gasteiger partial charge in [0.1, 0.15) is 17.2 Å².